The van der Waals surface area contributed by atoms with Crippen LogP contribution in [-0.4, -0.2) is 28.4 Å². The summed E-state index contributed by atoms with van der Waals surface area (Å²) < 4.78 is 24.9. The second kappa shape index (κ2) is 14.6. The van der Waals surface area contributed by atoms with Crippen LogP contribution in [-0.2, 0) is 0 Å². The van der Waals surface area contributed by atoms with Crippen LogP contribution in [0.15, 0.2) is 146 Å². The number of methoxy groups -OCH3 is 4. The highest BCUT2D eigenvalue weighted by atomic mass is 31.1. The molecule has 0 atom stereocenters. The molecule has 0 aliphatic carbocycles. The fourth-order valence-corrected chi connectivity index (χ4v) is 11.0. The summed E-state index contributed by atoms with van der Waals surface area (Å²) in [6.07, 6.45) is 0. The molecular weight excluding hydrogens is 606 g/mol. The van der Waals surface area contributed by atoms with Crippen LogP contribution in [0, 0.1) is 0 Å². The second-order valence-electron chi connectivity index (χ2n) is 10.4. The lowest BCUT2D eigenvalue weighted by Gasteiger charge is -2.30. The van der Waals surface area contributed by atoms with Gasteiger partial charge in [0.15, 0.2) is 0 Å². The largest absolute Gasteiger partial charge is 0.496 e. The van der Waals surface area contributed by atoms with Gasteiger partial charge in [-0.25, -0.2) is 0 Å². The van der Waals surface area contributed by atoms with Gasteiger partial charge in [0, 0.05) is 21.7 Å². The smallest absolute Gasteiger partial charge is 0.128 e. The van der Waals surface area contributed by atoms with Crippen molar-refractivity contribution in [3.63, 3.8) is 0 Å². The Bertz CT molecular complexity index is 1660. The fraction of sp³-hybridized carbons (Fsp3) is 0.100. The molecule has 230 valence electrons. The zero-order chi connectivity index (χ0) is 31.9. The summed E-state index contributed by atoms with van der Waals surface area (Å²) in [6, 6.07) is 50.6. The van der Waals surface area contributed by atoms with Gasteiger partial charge in [0.1, 0.15) is 23.0 Å². The summed E-state index contributed by atoms with van der Waals surface area (Å²) in [5.41, 5.74) is 1.87. The molecule has 0 radical (unpaired) electrons. The van der Waals surface area contributed by atoms with E-state index < -0.39 is 15.8 Å². The number of hydrogen-bond acceptors (Lipinski definition) is 4. The summed E-state index contributed by atoms with van der Waals surface area (Å²) in [7, 11) is 4.73. The van der Waals surface area contributed by atoms with Gasteiger partial charge in [-0.2, -0.15) is 0 Å². The van der Waals surface area contributed by atoms with Gasteiger partial charge in [-0.05, 0) is 61.3 Å². The number of benzene rings is 6. The molecule has 0 fully saturated rings. The molecule has 0 saturated carbocycles. The van der Waals surface area contributed by atoms with Crippen LogP contribution in [0.1, 0.15) is 0 Å². The lowest BCUT2D eigenvalue weighted by atomic mass is 10.0. The molecule has 4 nitrogen and oxygen atoms in total. The third-order valence-corrected chi connectivity index (χ3v) is 12.9. The molecule has 6 rings (SSSR count). The topological polar surface area (TPSA) is 36.9 Å². The first-order chi connectivity index (χ1) is 22.7. The Kier molecular flexibility index (Phi) is 9.99. The van der Waals surface area contributed by atoms with Gasteiger partial charge in [-0.1, -0.05) is 121 Å². The molecule has 6 heteroatoms. The first-order valence-corrected chi connectivity index (χ1v) is 17.7. The first kappa shape index (κ1) is 31.4. The highest BCUT2D eigenvalue weighted by Crippen LogP contribution is 2.50. The minimum atomic E-state index is -1.10. The van der Waals surface area contributed by atoms with Crippen LogP contribution in [0.25, 0.3) is 11.1 Å². The summed E-state index contributed by atoms with van der Waals surface area (Å²) in [4.78, 5) is 0. The molecule has 0 amide bonds. The molecular formula is C40H36O4P2. The van der Waals surface area contributed by atoms with Gasteiger partial charge >= 0.3 is 0 Å². The van der Waals surface area contributed by atoms with Gasteiger partial charge < -0.3 is 18.9 Å². The Morgan fingerprint density at radius 2 is 0.543 bits per heavy atom. The van der Waals surface area contributed by atoms with E-state index in [0.717, 1.165) is 44.7 Å². The maximum Gasteiger partial charge on any atom is 0.128 e. The quantitative estimate of drug-likeness (QED) is 0.144. The van der Waals surface area contributed by atoms with E-state index >= 15 is 0 Å². The predicted molar refractivity (Wildman–Crippen MR) is 195 cm³/mol. The zero-order valence-electron chi connectivity index (χ0n) is 26.4. The highest BCUT2D eigenvalue weighted by Gasteiger charge is 2.34. The van der Waals surface area contributed by atoms with Crippen molar-refractivity contribution in [2.45, 2.75) is 0 Å². The number of rotatable bonds is 11. The van der Waals surface area contributed by atoms with E-state index in [1.807, 2.05) is 24.3 Å². The van der Waals surface area contributed by atoms with E-state index in [9.17, 15) is 0 Å². The van der Waals surface area contributed by atoms with E-state index in [4.69, 9.17) is 18.9 Å². The van der Waals surface area contributed by atoms with E-state index in [0.29, 0.717) is 0 Å². The van der Waals surface area contributed by atoms with Crippen molar-refractivity contribution in [3.05, 3.63) is 146 Å². The summed E-state index contributed by atoms with van der Waals surface area (Å²) >= 11 is 0. The van der Waals surface area contributed by atoms with Gasteiger partial charge in [0.2, 0.25) is 0 Å². The molecule has 0 aromatic heterocycles. The Morgan fingerprint density at radius 1 is 0.304 bits per heavy atom. The summed E-state index contributed by atoms with van der Waals surface area (Å²) in [6.45, 7) is 0. The lowest BCUT2D eigenvalue weighted by molar-refractivity contribution is 0.402. The minimum absolute atomic E-state index is 0.735. The minimum Gasteiger partial charge on any atom is -0.496 e. The van der Waals surface area contributed by atoms with Crippen molar-refractivity contribution < 1.29 is 18.9 Å². The second-order valence-corrected chi connectivity index (χ2v) is 14.7. The standard InChI is InChI=1S/C40H36O4P2/c1-41-33-25-27-35(43-3)39(45(29-17-9-5-10-18-29)30-19-11-6-12-20-30)37(33)38-34(42-2)26-28-36(44-4)40(38)46(31-21-13-7-14-22-31)32-23-15-8-16-24-32/h5-28H,1-4H3. The molecule has 0 saturated heterocycles. The monoisotopic (exact) mass is 642 g/mol. The molecule has 0 aliphatic rings. The molecule has 0 N–H and O–H groups in total. The molecule has 46 heavy (non-hydrogen) atoms. The summed E-state index contributed by atoms with van der Waals surface area (Å²) in [5.74, 6) is 3.04. The van der Waals surface area contributed by atoms with Gasteiger partial charge in [0.25, 0.3) is 0 Å². The Labute approximate surface area is 274 Å². The molecule has 0 bridgehead atoms. The molecule has 0 unspecified atom stereocenters. The first-order valence-electron chi connectivity index (χ1n) is 15.0. The van der Waals surface area contributed by atoms with Gasteiger partial charge in [0.05, 0.1) is 28.4 Å². The fourth-order valence-electron chi connectivity index (χ4n) is 5.83. The SMILES string of the molecule is COc1ccc(OC)c(P(c2ccccc2)c2ccccc2)c1-c1c(OC)ccc(OC)c1P(c1ccccc1)c1ccccc1. The Hall–Kier alpha value is -4.62. The molecule has 0 aliphatic heterocycles. The third-order valence-electron chi connectivity index (χ3n) is 7.84. The maximum absolute atomic E-state index is 6.25. The maximum atomic E-state index is 6.25. The van der Waals surface area contributed by atoms with E-state index in [-0.39, 0.29) is 0 Å². The Morgan fingerprint density at radius 3 is 0.783 bits per heavy atom. The summed E-state index contributed by atoms with van der Waals surface area (Å²) in [5, 5.41) is 6.92. The zero-order valence-corrected chi connectivity index (χ0v) is 28.2. The van der Waals surface area contributed by atoms with Crippen LogP contribution in [0.5, 0.6) is 23.0 Å². The van der Waals surface area contributed by atoms with Crippen molar-refractivity contribution in [2.24, 2.45) is 0 Å². The molecule has 6 aromatic carbocycles. The average Bonchev–Trinajstić information content (AvgIpc) is 3.13. The third kappa shape index (κ3) is 6.12. The number of ether oxygens (including phenoxy) is 4. The Balaban J connectivity index is 1.79. The van der Waals surface area contributed by atoms with Crippen LogP contribution < -0.4 is 50.8 Å². The van der Waals surface area contributed by atoms with Crippen LogP contribution in [0.2, 0.25) is 0 Å². The normalized spacial score (nSPS) is 11.0. The van der Waals surface area contributed by atoms with E-state index in [1.54, 1.807) is 28.4 Å². The van der Waals surface area contributed by atoms with Crippen molar-refractivity contribution in [3.8, 4) is 34.1 Å². The highest BCUT2D eigenvalue weighted by molar-refractivity contribution is 7.81. The predicted octanol–water partition coefficient (Wildman–Crippen LogP) is 6.90. The van der Waals surface area contributed by atoms with E-state index in [1.165, 1.54) is 21.2 Å². The van der Waals surface area contributed by atoms with Crippen molar-refractivity contribution in [1.29, 1.82) is 0 Å². The van der Waals surface area contributed by atoms with Crippen molar-refractivity contribution >= 4 is 47.7 Å². The van der Waals surface area contributed by atoms with Crippen LogP contribution in [0.4, 0.5) is 0 Å². The van der Waals surface area contributed by atoms with Gasteiger partial charge in [-0.3, -0.25) is 0 Å². The van der Waals surface area contributed by atoms with Gasteiger partial charge in [-0.15, -0.1) is 0 Å². The van der Waals surface area contributed by atoms with Crippen LogP contribution in [0.3, 0.4) is 0 Å². The number of hydrogen-bond donors (Lipinski definition) is 0. The van der Waals surface area contributed by atoms with Crippen LogP contribution >= 0.6 is 15.8 Å². The molecule has 0 heterocycles. The lowest BCUT2D eigenvalue weighted by Crippen LogP contribution is -2.28. The average molecular weight is 643 g/mol. The van der Waals surface area contributed by atoms with Crippen molar-refractivity contribution in [1.82, 2.24) is 0 Å². The molecule has 0 spiro atoms. The van der Waals surface area contributed by atoms with E-state index in [2.05, 4.69) is 121 Å². The molecule has 6 aromatic rings. The van der Waals surface area contributed by atoms with Crippen molar-refractivity contribution in [2.75, 3.05) is 28.4 Å².